The van der Waals surface area contributed by atoms with Gasteiger partial charge in [0.05, 0.1) is 15.7 Å². The number of carbonyl (C=O) groups excluding carboxylic acids is 1. The van der Waals surface area contributed by atoms with E-state index in [-0.39, 0.29) is 15.7 Å². The number of anilines is 2. The number of alkyl halides is 2. The van der Waals surface area contributed by atoms with E-state index in [1.54, 1.807) is 0 Å². The second-order valence-electron chi connectivity index (χ2n) is 3.31. The fourth-order valence-corrected chi connectivity index (χ4v) is 1.73. The van der Waals surface area contributed by atoms with Gasteiger partial charge in [-0.25, -0.2) is 8.78 Å². The Hall–Kier alpha value is -1.11. The van der Waals surface area contributed by atoms with Gasteiger partial charge in [0.25, 0.3) is 6.43 Å². The van der Waals surface area contributed by atoms with Crippen molar-refractivity contribution in [3.8, 4) is 0 Å². The number of carbonyl (C=O) groups is 1. The largest absolute Gasteiger partial charge is 0.399 e. The van der Waals surface area contributed by atoms with Crippen molar-refractivity contribution < 1.29 is 18.3 Å². The molecule has 18 heavy (non-hydrogen) atoms. The third-order valence-corrected chi connectivity index (χ3v) is 2.40. The van der Waals surface area contributed by atoms with Crippen LogP contribution in [-0.4, -0.2) is 25.5 Å². The van der Waals surface area contributed by atoms with E-state index in [0.29, 0.717) is 5.69 Å². The van der Waals surface area contributed by atoms with E-state index < -0.39 is 25.5 Å². The molecule has 0 aliphatic heterocycles. The Bertz CT molecular complexity index is 421. The highest BCUT2D eigenvalue weighted by atomic mass is 35.5. The lowest BCUT2D eigenvalue weighted by Crippen LogP contribution is -2.20. The maximum atomic E-state index is 11.8. The average molecular weight is 299 g/mol. The number of nitrogens with two attached hydrogens (primary N) is 1. The molecule has 0 fully saturated rings. The Morgan fingerprint density at radius 2 is 1.94 bits per heavy atom. The van der Waals surface area contributed by atoms with Gasteiger partial charge in [-0.2, -0.15) is 0 Å². The van der Waals surface area contributed by atoms with Crippen LogP contribution >= 0.6 is 23.2 Å². The molecule has 0 saturated heterocycles. The molecule has 0 aliphatic rings. The molecule has 1 amide bonds. The van der Waals surface area contributed by atoms with Gasteiger partial charge in [-0.1, -0.05) is 23.2 Å². The molecule has 0 radical (unpaired) electrons. The number of rotatable bonds is 5. The summed E-state index contributed by atoms with van der Waals surface area (Å²) in [5, 5.41) is 2.66. The third kappa shape index (κ3) is 4.64. The van der Waals surface area contributed by atoms with Crippen molar-refractivity contribution in [2.45, 2.75) is 6.43 Å². The summed E-state index contributed by atoms with van der Waals surface area (Å²) in [6.07, 6.45) is -2.62. The molecule has 100 valence electrons. The molecule has 0 bridgehead atoms. The van der Waals surface area contributed by atoms with Gasteiger partial charge in [-0.3, -0.25) is 4.79 Å². The van der Waals surface area contributed by atoms with Gasteiger partial charge < -0.3 is 15.8 Å². The van der Waals surface area contributed by atoms with Crippen LogP contribution in [0.2, 0.25) is 10.0 Å². The summed E-state index contributed by atoms with van der Waals surface area (Å²) in [5.74, 6) is -0.635. The van der Waals surface area contributed by atoms with Crippen molar-refractivity contribution in [2.24, 2.45) is 0 Å². The summed E-state index contributed by atoms with van der Waals surface area (Å²) in [4.78, 5) is 11.4. The van der Waals surface area contributed by atoms with Crippen molar-refractivity contribution in [3.05, 3.63) is 22.2 Å². The molecule has 1 aromatic carbocycles. The number of ether oxygens (including phenoxy) is 1. The number of hydrogen-bond acceptors (Lipinski definition) is 3. The van der Waals surface area contributed by atoms with Crippen molar-refractivity contribution in [1.82, 2.24) is 0 Å². The van der Waals surface area contributed by atoms with Crippen LogP contribution in [0.1, 0.15) is 0 Å². The van der Waals surface area contributed by atoms with Crippen LogP contribution in [0.3, 0.4) is 0 Å². The number of nitrogens with one attached hydrogen (secondary N) is 1. The van der Waals surface area contributed by atoms with Crippen LogP contribution in [-0.2, 0) is 9.53 Å². The topological polar surface area (TPSA) is 64.3 Å². The van der Waals surface area contributed by atoms with E-state index in [1.165, 1.54) is 12.1 Å². The molecule has 0 heterocycles. The second-order valence-corrected chi connectivity index (χ2v) is 4.13. The van der Waals surface area contributed by atoms with Crippen LogP contribution in [0, 0.1) is 0 Å². The zero-order valence-electron chi connectivity index (χ0n) is 9.05. The Morgan fingerprint density at radius 3 is 2.44 bits per heavy atom. The molecule has 0 aliphatic carbocycles. The summed E-state index contributed by atoms with van der Waals surface area (Å²) in [5.41, 5.74) is 5.99. The molecule has 0 atom stereocenters. The molecule has 4 nitrogen and oxygen atoms in total. The summed E-state index contributed by atoms with van der Waals surface area (Å²) >= 11 is 11.6. The molecule has 0 aromatic heterocycles. The lowest BCUT2D eigenvalue weighted by molar-refractivity contribution is -0.121. The van der Waals surface area contributed by atoms with Gasteiger partial charge in [0.2, 0.25) is 5.91 Å². The van der Waals surface area contributed by atoms with E-state index in [9.17, 15) is 13.6 Å². The lowest BCUT2D eigenvalue weighted by Gasteiger charge is -2.10. The molecule has 8 heteroatoms. The molecule has 3 N–H and O–H groups in total. The molecule has 0 saturated carbocycles. The average Bonchev–Trinajstić information content (AvgIpc) is 2.22. The van der Waals surface area contributed by atoms with Gasteiger partial charge in [0.15, 0.2) is 0 Å². The SMILES string of the molecule is Nc1cc(Cl)c(NC(=O)COCC(F)F)c(Cl)c1. The van der Waals surface area contributed by atoms with Crippen molar-refractivity contribution in [3.63, 3.8) is 0 Å². The van der Waals surface area contributed by atoms with Crippen LogP contribution < -0.4 is 11.1 Å². The number of halogens is 4. The number of hydrogen-bond donors (Lipinski definition) is 2. The zero-order valence-corrected chi connectivity index (χ0v) is 10.6. The van der Waals surface area contributed by atoms with E-state index >= 15 is 0 Å². The third-order valence-electron chi connectivity index (χ3n) is 1.81. The Kier molecular flexibility index (Phi) is 5.58. The van der Waals surface area contributed by atoms with Crippen LogP contribution in [0.15, 0.2) is 12.1 Å². The molecule has 1 rings (SSSR count). The van der Waals surface area contributed by atoms with E-state index in [0.717, 1.165) is 0 Å². The van der Waals surface area contributed by atoms with Crippen molar-refractivity contribution in [1.29, 1.82) is 0 Å². The number of nitrogen functional groups attached to an aromatic ring is 1. The smallest absolute Gasteiger partial charge is 0.261 e. The highest BCUT2D eigenvalue weighted by Crippen LogP contribution is 2.32. The zero-order chi connectivity index (χ0) is 13.7. The van der Waals surface area contributed by atoms with Gasteiger partial charge in [-0.05, 0) is 12.1 Å². The first-order valence-corrected chi connectivity index (χ1v) is 5.56. The first-order valence-electron chi connectivity index (χ1n) is 4.80. The predicted octanol–water partition coefficient (Wildman–Crippen LogP) is 2.80. The van der Waals surface area contributed by atoms with Gasteiger partial charge >= 0.3 is 0 Å². The lowest BCUT2D eigenvalue weighted by atomic mass is 10.3. The summed E-state index contributed by atoms with van der Waals surface area (Å²) in [6.45, 7) is -1.32. The van der Waals surface area contributed by atoms with E-state index in [1.807, 2.05) is 0 Å². The van der Waals surface area contributed by atoms with E-state index in [2.05, 4.69) is 10.1 Å². The first kappa shape index (κ1) is 14.9. The number of benzene rings is 1. The fourth-order valence-electron chi connectivity index (χ4n) is 1.13. The quantitative estimate of drug-likeness (QED) is 0.822. The standard InChI is InChI=1S/C10H10Cl2F2N2O2/c11-6-1-5(15)2-7(12)10(6)16-9(17)4-18-3-8(13)14/h1-2,8H,3-4,15H2,(H,16,17). The predicted molar refractivity (Wildman–Crippen MR) is 66.3 cm³/mol. The van der Waals surface area contributed by atoms with Gasteiger partial charge in [0, 0.05) is 5.69 Å². The van der Waals surface area contributed by atoms with Crippen molar-refractivity contribution >= 4 is 40.5 Å². The Balaban J connectivity index is 2.59. The summed E-state index contributed by atoms with van der Waals surface area (Å²) < 4.78 is 28.0. The Labute approximate surface area is 112 Å². The normalized spacial score (nSPS) is 10.7. The first-order chi connectivity index (χ1) is 8.40. The van der Waals surface area contributed by atoms with E-state index in [4.69, 9.17) is 28.9 Å². The molecular formula is C10H10Cl2F2N2O2. The van der Waals surface area contributed by atoms with Gasteiger partial charge in [0.1, 0.15) is 13.2 Å². The second kappa shape index (κ2) is 6.72. The fraction of sp³-hybridized carbons (Fsp3) is 0.300. The van der Waals surface area contributed by atoms with Crippen LogP contribution in [0.25, 0.3) is 0 Å². The van der Waals surface area contributed by atoms with Gasteiger partial charge in [-0.15, -0.1) is 0 Å². The molecule has 1 aromatic rings. The maximum Gasteiger partial charge on any atom is 0.261 e. The van der Waals surface area contributed by atoms with Crippen molar-refractivity contribution in [2.75, 3.05) is 24.3 Å². The summed E-state index contributed by atoms with van der Waals surface area (Å²) in [6, 6.07) is 2.81. The molecule has 0 unspecified atom stereocenters. The van der Waals surface area contributed by atoms with Crippen LogP contribution in [0.5, 0.6) is 0 Å². The summed E-state index contributed by atoms with van der Waals surface area (Å²) in [7, 11) is 0. The monoisotopic (exact) mass is 298 g/mol. The maximum absolute atomic E-state index is 11.8. The molecular weight excluding hydrogens is 289 g/mol. The minimum absolute atomic E-state index is 0.155. The van der Waals surface area contributed by atoms with Crippen LogP contribution in [0.4, 0.5) is 20.2 Å². The highest BCUT2D eigenvalue weighted by molar-refractivity contribution is 6.40. The molecule has 0 spiro atoms. The minimum Gasteiger partial charge on any atom is -0.399 e. The highest BCUT2D eigenvalue weighted by Gasteiger charge is 2.12. The Morgan fingerprint density at radius 1 is 1.39 bits per heavy atom. The number of amides is 1. The minimum atomic E-state index is -2.62.